The molecule has 2 atom stereocenters. The van der Waals surface area contributed by atoms with Gasteiger partial charge in [0.25, 0.3) is 0 Å². The van der Waals surface area contributed by atoms with E-state index >= 15 is 0 Å². The van der Waals surface area contributed by atoms with E-state index in [9.17, 15) is 4.79 Å². The van der Waals surface area contributed by atoms with Crippen molar-refractivity contribution in [2.75, 3.05) is 26.2 Å². The number of nitrogens with zero attached hydrogens (tertiary/aromatic N) is 1. The minimum Gasteiger partial charge on any atom is -0.378 e. The summed E-state index contributed by atoms with van der Waals surface area (Å²) < 4.78 is 5.74. The maximum absolute atomic E-state index is 11.8. The van der Waals surface area contributed by atoms with Gasteiger partial charge in [0.15, 0.2) is 5.96 Å². The maximum atomic E-state index is 11.8. The van der Waals surface area contributed by atoms with Crippen molar-refractivity contribution in [2.45, 2.75) is 73.0 Å². The average molecular weight is 470 g/mol. The number of aliphatic imine (C=N–C) groups is 1. The third-order valence-corrected chi connectivity index (χ3v) is 3.82. The zero-order valence-electron chi connectivity index (χ0n) is 16.9. The van der Waals surface area contributed by atoms with Crippen LogP contribution in [0, 0.1) is 5.92 Å². The van der Waals surface area contributed by atoms with Gasteiger partial charge in [-0.25, -0.2) is 0 Å². The fourth-order valence-electron chi connectivity index (χ4n) is 2.21. The second kappa shape index (κ2) is 16.9. The first kappa shape index (κ1) is 26.7. The molecule has 0 spiro atoms. The number of guanidine groups is 1. The lowest BCUT2D eigenvalue weighted by atomic mass is 10.0. The Bertz CT molecular complexity index is 365. The number of rotatable bonds is 12. The predicted octanol–water partition coefficient (Wildman–Crippen LogP) is 2.92. The molecule has 150 valence electrons. The van der Waals surface area contributed by atoms with Crippen molar-refractivity contribution in [2.24, 2.45) is 10.9 Å². The summed E-state index contributed by atoms with van der Waals surface area (Å²) in [7, 11) is 0. The molecule has 0 aromatic heterocycles. The van der Waals surface area contributed by atoms with Crippen molar-refractivity contribution in [3.05, 3.63) is 0 Å². The monoisotopic (exact) mass is 470 g/mol. The van der Waals surface area contributed by atoms with Crippen molar-refractivity contribution < 1.29 is 9.53 Å². The van der Waals surface area contributed by atoms with Crippen molar-refractivity contribution >= 4 is 35.8 Å². The second-order valence-electron chi connectivity index (χ2n) is 6.34. The number of ether oxygens (including phenoxy) is 1. The molecule has 0 saturated heterocycles. The number of hydrogen-bond donors (Lipinski definition) is 3. The number of amides is 1. The van der Waals surface area contributed by atoms with E-state index < -0.39 is 0 Å². The Hall–Kier alpha value is -0.570. The van der Waals surface area contributed by atoms with Crippen LogP contribution < -0.4 is 16.0 Å². The third-order valence-electron chi connectivity index (χ3n) is 3.82. The van der Waals surface area contributed by atoms with E-state index in [1.807, 2.05) is 20.8 Å². The molecule has 3 N–H and O–H groups in total. The van der Waals surface area contributed by atoms with E-state index in [4.69, 9.17) is 4.74 Å². The lowest BCUT2D eigenvalue weighted by Crippen LogP contribution is -2.40. The van der Waals surface area contributed by atoms with Gasteiger partial charge in [-0.1, -0.05) is 20.8 Å². The van der Waals surface area contributed by atoms with E-state index in [-0.39, 0.29) is 42.0 Å². The zero-order chi connectivity index (χ0) is 18.4. The highest BCUT2D eigenvalue weighted by Crippen LogP contribution is 2.10. The van der Waals surface area contributed by atoms with Crippen LogP contribution in [0.25, 0.3) is 0 Å². The molecule has 0 rings (SSSR count). The van der Waals surface area contributed by atoms with Crippen molar-refractivity contribution in [1.82, 2.24) is 16.0 Å². The third kappa shape index (κ3) is 14.3. The fraction of sp³-hybridized carbons (Fsp3) is 0.889. The standard InChI is InChI=1S/C18H38N4O2.HI/c1-7-15(6)22-17(23)11-13-21-18(19-8-2)20-12-10-16(14(4)5)24-9-3;/h14-16H,7-13H2,1-6H3,(H,22,23)(H2,19,20,21);1H. The Labute approximate surface area is 171 Å². The summed E-state index contributed by atoms with van der Waals surface area (Å²) in [5, 5.41) is 9.39. The Balaban J connectivity index is 0. The summed E-state index contributed by atoms with van der Waals surface area (Å²) in [6, 6.07) is 0.228. The lowest BCUT2D eigenvalue weighted by molar-refractivity contribution is -0.121. The summed E-state index contributed by atoms with van der Waals surface area (Å²) in [5.41, 5.74) is 0. The quantitative estimate of drug-likeness (QED) is 0.233. The van der Waals surface area contributed by atoms with Gasteiger partial charge in [-0.2, -0.15) is 0 Å². The molecule has 0 saturated carbocycles. The van der Waals surface area contributed by atoms with Crippen LogP contribution in [0.3, 0.4) is 0 Å². The second-order valence-corrected chi connectivity index (χ2v) is 6.34. The van der Waals surface area contributed by atoms with Gasteiger partial charge < -0.3 is 20.7 Å². The van der Waals surface area contributed by atoms with Gasteiger partial charge in [0.05, 0.1) is 6.10 Å². The summed E-state index contributed by atoms with van der Waals surface area (Å²) in [4.78, 5) is 16.3. The number of nitrogens with one attached hydrogen (secondary N) is 3. The Kier molecular flexibility index (Phi) is 18.0. The molecule has 0 aromatic carbocycles. The van der Waals surface area contributed by atoms with Crippen LogP contribution >= 0.6 is 24.0 Å². The van der Waals surface area contributed by atoms with Crippen LogP contribution in [0.4, 0.5) is 0 Å². The van der Waals surface area contributed by atoms with Crippen molar-refractivity contribution in [3.8, 4) is 0 Å². The minimum atomic E-state index is 0. The smallest absolute Gasteiger partial charge is 0.221 e. The molecule has 25 heavy (non-hydrogen) atoms. The summed E-state index contributed by atoms with van der Waals surface area (Å²) in [6.45, 7) is 15.3. The highest BCUT2D eigenvalue weighted by Gasteiger charge is 2.12. The molecule has 7 heteroatoms. The van der Waals surface area contributed by atoms with Crippen LogP contribution in [-0.2, 0) is 9.53 Å². The van der Waals surface area contributed by atoms with Gasteiger partial charge in [0, 0.05) is 38.7 Å². The number of carbonyl (C=O) groups excluding carboxylic acids is 1. The summed E-state index contributed by atoms with van der Waals surface area (Å²) >= 11 is 0. The fourth-order valence-corrected chi connectivity index (χ4v) is 2.21. The van der Waals surface area contributed by atoms with Crippen LogP contribution in [0.5, 0.6) is 0 Å². The highest BCUT2D eigenvalue weighted by atomic mass is 127. The Morgan fingerprint density at radius 2 is 1.80 bits per heavy atom. The predicted molar refractivity (Wildman–Crippen MR) is 117 cm³/mol. The van der Waals surface area contributed by atoms with E-state index in [1.165, 1.54) is 0 Å². The zero-order valence-corrected chi connectivity index (χ0v) is 19.2. The highest BCUT2D eigenvalue weighted by molar-refractivity contribution is 14.0. The van der Waals surface area contributed by atoms with Crippen molar-refractivity contribution in [3.63, 3.8) is 0 Å². The van der Waals surface area contributed by atoms with Crippen LogP contribution in [0.1, 0.15) is 60.8 Å². The normalized spacial score (nSPS) is 13.8. The first-order valence-electron chi connectivity index (χ1n) is 9.37. The van der Waals surface area contributed by atoms with Gasteiger partial charge in [-0.3, -0.25) is 9.79 Å². The summed E-state index contributed by atoms with van der Waals surface area (Å²) in [6.07, 6.45) is 2.53. The van der Waals surface area contributed by atoms with E-state index in [0.29, 0.717) is 25.4 Å². The van der Waals surface area contributed by atoms with Gasteiger partial charge in [0.2, 0.25) is 5.91 Å². The molecule has 0 aliphatic heterocycles. The van der Waals surface area contributed by atoms with E-state index in [2.05, 4.69) is 41.7 Å². The van der Waals surface area contributed by atoms with Crippen molar-refractivity contribution in [1.29, 1.82) is 0 Å². The molecular weight excluding hydrogens is 431 g/mol. The molecule has 0 aliphatic carbocycles. The Morgan fingerprint density at radius 3 is 2.32 bits per heavy atom. The van der Waals surface area contributed by atoms with E-state index in [0.717, 1.165) is 32.0 Å². The lowest BCUT2D eigenvalue weighted by Gasteiger charge is -2.20. The SMILES string of the molecule is CCNC(=NCCC(OCC)C(C)C)NCCC(=O)NC(C)CC.I. The van der Waals surface area contributed by atoms with Gasteiger partial charge >= 0.3 is 0 Å². The maximum Gasteiger partial charge on any atom is 0.221 e. The van der Waals surface area contributed by atoms with Gasteiger partial charge in [-0.15, -0.1) is 24.0 Å². The Morgan fingerprint density at radius 1 is 1.12 bits per heavy atom. The van der Waals surface area contributed by atoms with Gasteiger partial charge in [0.1, 0.15) is 0 Å². The molecule has 0 fully saturated rings. The molecule has 1 amide bonds. The number of halogens is 1. The molecule has 0 bridgehead atoms. The molecule has 6 nitrogen and oxygen atoms in total. The molecular formula is C18H39IN4O2. The topological polar surface area (TPSA) is 74.8 Å². The minimum absolute atomic E-state index is 0. The molecule has 0 aromatic rings. The number of carbonyl (C=O) groups is 1. The van der Waals surface area contributed by atoms with Crippen LogP contribution in [-0.4, -0.2) is 50.3 Å². The summed E-state index contributed by atoms with van der Waals surface area (Å²) in [5.74, 6) is 1.32. The van der Waals surface area contributed by atoms with E-state index in [1.54, 1.807) is 0 Å². The first-order valence-corrected chi connectivity index (χ1v) is 9.37. The largest absolute Gasteiger partial charge is 0.378 e. The molecule has 0 heterocycles. The first-order chi connectivity index (χ1) is 11.4. The molecule has 0 radical (unpaired) electrons. The molecule has 0 aliphatic rings. The van der Waals surface area contributed by atoms with Crippen LogP contribution in [0.15, 0.2) is 4.99 Å². The van der Waals surface area contributed by atoms with Crippen LogP contribution in [0.2, 0.25) is 0 Å². The average Bonchev–Trinajstić information content (AvgIpc) is 2.53. The molecule has 2 unspecified atom stereocenters. The number of hydrogen-bond acceptors (Lipinski definition) is 3. The van der Waals surface area contributed by atoms with Gasteiger partial charge in [-0.05, 0) is 39.5 Å².